The number of rotatable bonds is 2. The number of nitriles is 1. The summed E-state index contributed by atoms with van der Waals surface area (Å²) >= 11 is 0. The van der Waals surface area contributed by atoms with Crippen molar-refractivity contribution in [2.24, 2.45) is 5.14 Å². The number of nitrogens with zero attached hydrogens (tertiary/aromatic N) is 2. The van der Waals surface area contributed by atoms with E-state index < -0.39 is 38.5 Å². The second kappa shape index (κ2) is 4.31. The molecular formula is C7H5F3N4O3S. The molecule has 0 aliphatic rings. The minimum atomic E-state index is -5.11. The first-order valence-corrected chi connectivity index (χ1v) is 5.58. The minimum absolute atomic E-state index is 0.579. The molecule has 18 heavy (non-hydrogen) atoms. The SMILES string of the molecule is N#Cc1cc(N)c(OC(F)(F)F)nc1S(N)(=O)=O. The smallest absolute Gasteiger partial charge is 0.394 e. The Hall–Kier alpha value is -2.06. The largest absolute Gasteiger partial charge is 0.574 e. The van der Waals surface area contributed by atoms with E-state index in [2.05, 4.69) is 9.72 Å². The van der Waals surface area contributed by atoms with Gasteiger partial charge in [-0.25, -0.2) is 13.6 Å². The van der Waals surface area contributed by atoms with E-state index >= 15 is 0 Å². The summed E-state index contributed by atoms with van der Waals surface area (Å²) in [4.78, 5) is 3.00. The van der Waals surface area contributed by atoms with Gasteiger partial charge in [-0.3, -0.25) is 0 Å². The predicted molar refractivity (Wildman–Crippen MR) is 51.4 cm³/mol. The molecule has 0 bridgehead atoms. The van der Waals surface area contributed by atoms with Gasteiger partial charge in [-0.15, -0.1) is 13.2 Å². The summed E-state index contributed by atoms with van der Waals surface area (Å²) in [5.41, 5.74) is 3.92. The molecule has 0 spiro atoms. The lowest BCUT2D eigenvalue weighted by atomic mass is 10.3. The second-order valence-electron chi connectivity index (χ2n) is 2.94. The average Bonchev–Trinajstić information content (AvgIpc) is 2.16. The molecule has 0 atom stereocenters. The molecule has 1 aromatic heterocycles. The first-order chi connectivity index (χ1) is 8.04. The number of ether oxygens (including phenoxy) is 1. The fraction of sp³-hybridized carbons (Fsp3) is 0.143. The third kappa shape index (κ3) is 3.22. The highest BCUT2D eigenvalue weighted by atomic mass is 32.2. The summed E-state index contributed by atoms with van der Waals surface area (Å²) in [5.74, 6) is -1.19. The molecule has 0 aromatic carbocycles. The third-order valence-electron chi connectivity index (χ3n) is 1.58. The van der Waals surface area contributed by atoms with E-state index in [1.165, 1.54) is 6.07 Å². The summed E-state index contributed by atoms with van der Waals surface area (Å²) in [7, 11) is -4.48. The van der Waals surface area contributed by atoms with Crippen LogP contribution in [0, 0.1) is 11.3 Å². The van der Waals surface area contributed by atoms with Crippen LogP contribution in [0.25, 0.3) is 0 Å². The van der Waals surface area contributed by atoms with E-state index in [9.17, 15) is 21.6 Å². The molecule has 11 heteroatoms. The molecule has 4 N–H and O–H groups in total. The van der Waals surface area contributed by atoms with Crippen LogP contribution in [0.5, 0.6) is 5.88 Å². The maximum atomic E-state index is 12.0. The molecule has 98 valence electrons. The predicted octanol–water partition coefficient (Wildman–Crippen LogP) is 0.0815. The Balaban J connectivity index is 3.46. The summed E-state index contributed by atoms with van der Waals surface area (Å²) in [5, 5.41) is 12.3. The van der Waals surface area contributed by atoms with Gasteiger partial charge in [0.05, 0.1) is 11.3 Å². The molecule has 0 saturated carbocycles. The molecule has 0 amide bonds. The molecular weight excluding hydrogens is 277 g/mol. The van der Waals surface area contributed by atoms with Gasteiger partial charge < -0.3 is 10.5 Å². The van der Waals surface area contributed by atoms with E-state index in [0.29, 0.717) is 6.07 Å². The van der Waals surface area contributed by atoms with E-state index in [-0.39, 0.29) is 0 Å². The van der Waals surface area contributed by atoms with Crippen molar-refractivity contribution in [2.45, 2.75) is 11.4 Å². The Morgan fingerprint density at radius 3 is 2.39 bits per heavy atom. The lowest BCUT2D eigenvalue weighted by molar-refractivity contribution is -0.276. The van der Waals surface area contributed by atoms with Crippen LogP contribution in [0.15, 0.2) is 11.1 Å². The quantitative estimate of drug-likeness (QED) is 0.789. The average molecular weight is 282 g/mol. The van der Waals surface area contributed by atoms with Crippen molar-refractivity contribution in [3.05, 3.63) is 11.6 Å². The van der Waals surface area contributed by atoms with Crippen LogP contribution in [-0.4, -0.2) is 19.8 Å². The van der Waals surface area contributed by atoms with Crippen molar-refractivity contribution in [1.29, 1.82) is 5.26 Å². The Morgan fingerprint density at radius 2 is 2.00 bits per heavy atom. The standard InChI is InChI=1S/C7H5F3N4O3S/c8-7(9,10)17-5-4(12)1-3(2-11)6(14-5)18(13,15)16/h1H,12H2,(H2,13,15,16). The number of nitrogens with two attached hydrogens (primary N) is 2. The number of primary sulfonamides is 1. The Bertz CT molecular complexity index is 620. The molecule has 1 rings (SSSR count). The maximum Gasteiger partial charge on any atom is 0.574 e. The molecule has 0 fully saturated rings. The van der Waals surface area contributed by atoms with Gasteiger partial charge in [0.1, 0.15) is 6.07 Å². The Morgan fingerprint density at radius 1 is 1.44 bits per heavy atom. The second-order valence-corrected chi connectivity index (χ2v) is 4.42. The first-order valence-electron chi connectivity index (χ1n) is 4.04. The van der Waals surface area contributed by atoms with Crippen molar-refractivity contribution in [3.8, 4) is 11.9 Å². The maximum absolute atomic E-state index is 12.0. The van der Waals surface area contributed by atoms with Crippen molar-refractivity contribution >= 4 is 15.7 Å². The van der Waals surface area contributed by atoms with Gasteiger partial charge in [0.25, 0.3) is 10.0 Å². The number of sulfonamides is 1. The molecule has 0 saturated heterocycles. The number of alkyl halides is 3. The molecule has 0 aliphatic heterocycles. The molecule has 1 heterocycles. The zero-order valence-electron chi connectivity index (χ0n) is 8.39. The molecule has 0 unspecified atom stereocenters. The highest BCUT2D eigenvalue weighted by molar-refractivity contribution is 7.89. The lowest BCUT2D eigenvalue weighted by Crippen LogP contribution is -2.21. The first kappa shape index (κ1) is 14.0. The van der Waals surface area contributed by atoms with Gasteiger partial charge >= 0.3 is 6.36 Å². The third-order valence-corrected chi connectivity index (χ3v) is 2.43. The molecule has 7 nitrogen and oxygen atoms in total. The zero-order chi connectivity index (χ0) is 14.1. The molecule has 1 aromatic rings. The van der Waals surface area contributed by atoms with Crippen molar-refractivity contribution in [1.82, 2.24) is 4.98 Å². The van der Waals surface area contributed by atoms with Crippen LogP contribution in [-0.2, 0) is 10.0 Å². The number of pyridine rings is 1. The van der Waals surface area contributed by atoms with Crippen LogP contribution in [0.2, 0.25) is 0 Å². The number of hydrogen-bond acceptors (Lipinski definition) is 6. The molecule has 0 radical (unpaired) electrons. The van der Waals surface area contributed by atoms with Gasteiger partial charge in [-0.2, -0.15) is 10.2 Å². The number of nitrogen functional groups attached to an aromatic ring is 1. The zero-order valence-corrected chi connectivity index (χ0v) is 9.21. The fourth-order valence-electron chi connectivity index (χ4n) is 0.984. The Labute approximate surface area is 98.8 Å². The van der Waals surface area contributed by atoms with Crippen molar-refractivity contribution < 1.29 is 26.3 Å². The lowest BCUT2D eigenvalue weighted by Gasteiger charge is -2.11. The van der Waals surface area contributed by atoms with Gasteiger partial charge in [0.15, 0.2) is 5.03 Å². The van der Waals surface area contributed by atoms with Crippen LogP contribution in [0.3, 0.4) is 0 Å². The fourth-order valence-corrected chi connectivity index (χ4v) is 1.61. The van der Waals surface area contributed by atoms with Gasteiger partial charge in [0.2, 0.25) is 5.88 Å². The molecule has 0 aliphatic carbocycles. The highest BCUT2D eigenvalue weighted by Crippen LogP contribution is 2.29. The number of anilines is 1. The van der Waals surface area contributed by atoms with Crippen LogP contribution in [0.4, 0.5) is 18.9 Å². The Kier molecular flexibility index (Phi) is 3.36. The summed E-state index contributed by atoms with van der Waals surface area (Å²) in [6.07, 6.45) is -5.11. The van der Waals surface area contributed by atoms with E-state index in [0.717, 1.165) is 0 Å². The van der Waals surface area contributed by atoms with Crippen LogP contribution >= 0.6 is 0 Å². The topological polar surface area (TPSA) is 132 Å². The monoisotopic (exact) mass is 282 g/mol. The number of aromatic nitrogens is 1. The number of halogens is 3. The van der Waals surface area contributed by atoms with Gasteiger partial charge in [0, 0.05) is 0 Å². The summed E-state index contributed by atoms with van der Waals surface area (Å²) in [6.45, 7) is 0. The van der Waals surface area contributed by atoms with Crippen LogP contribution in [0.1, 0.15) is 5.56 Å². The van der Waals surface area contributed by atoms with Gasteiger partial charge in [-0.05, 0) is 6.07 Å². The van der Waals surface area contributed by atoms with E-state index in [1.807, 2.05) is 0 Å². The summed E-state index contributed by atoms with van der Waals surface area (Å²) < 4.78 is 61.4. The highest BCUT2D eigenvalue weighted by Gasteiger charge is 2.34. The summed E-state index contributed by atoms with van der Waals surface area (Å²) in [6, 6.07) is 2.07. The normalized spacial score (nSPS) is 11.9. The van der Waals surface area contributed by atoms with Crippen LogP contribution < -0.4 is 15.6 Å². The van der Waals surface area contributed by atoms with Crippen molar-refractivity contribution in [2.75, 3.05) is 5.73 Å². The van der Waals surface area contributed by atoms with E-state index in [1.54, 1.807) is 0 Å². The van der Waals surface area contributed by atoms with E-state index in [4.69, 9.17) is 16.1 Å². The minimum Gasteiger partial charge on any atom is -0.394 e. The number of hydrogen-bond donors (Lipinski definition) is 2. The van der Waals surface area contributed by atoms with Gasteiger partial charge in [-0.1, -0.05) is 0 Å². The van der Waals surface area contributed by atoms with Crippen molar-refractivity contribution in [3.63, 3.8) is 0 Å².